The molecule has 1 atom stereocenters. The average molecular weight is 449 g/mol. The highest BCUT2D eigenvalue weighted by atomic mass is 19.1. The summed E-state index contributed by atoms with van der Waals surface area (Å²) in [5.74, 6) is 1.89. The number of nitrogens with zero attached hydrogens (tertiary/aromatic N) is 6. The molecule has 0 amide bonds. The van der Waals surface area contributed by atoms with E-state index in [1.807, 2.05) is 36.4 Å². The predicted octanol–water partition coefficient (Wildman–Crippen LogP) is 3.37. The number of benzene rings is 2. The number of tetrazole rings is 1. The second-order valence-corrected chi connectivity index (χ2v) is 7.89. The first kappa shape index (κ1) is 21.1. The van der Waals surface area contributed by atoms with Crippen molar-refractivity contribution >= 4 is 5.69 Å². The van der Waals surface area contributed by atoms with Crippen molar-refractivity contribution < 1.29 is 13.5 Å². The number of hydrogen-bond donors (Lipinski definition) is 0. The largest absolute Gasteiger partial charge is 0.495 e. The zero-order chi connectivity index (χ0) is 22.6. The Morgan fingerprint density at radius 3 is 2.55 bits per heavy atom. The first-order chi connectivity index (χ1) is 16.2. The topological polar surface area (TPSA) is 72.5 Å². The van der Waals surface area contributed by atoms with Gasteiger partial charge in [-0.3, -0.25) is 4.90 Å². The lowest BCUT2D eigenvalue weighted by Crippen LogP contribution is -2.48. The Kier molecular flexibility index (Phi) is 6.03. The van der Waals surface area contributed by atoms with Crippen LogP contribution in [-0.4, -0.2) is 58.4 Å². The molecule has 2 aromatic carbocycles. The van der Waals surface area contributed by atoms with Gasteiger partial charge in [0.15, 0.2) is 5.82 Å². The van der Waals surface area contributed by atoms with Crippen LogP contribution in [0.1, 0.15) is 23.2 Å². The summed E-state index contributed by atoms with van der Waals surface area (Å²) < 4.78 is 27.7. The molecule has 0 unspecified atom stereocenters. The van der Waals surface area contributed by atoms with Gasteiger partial charge in [-0.2, -0.15) is 0 Å². The van der Waals surface area contributed by atoms with Crippen LogP contribution in [0.4, 0.5) is 10.1 Å². The standard InChI is InChI=1S/C24H25FN6O2/c1-32-22-11-5-4-10-21(22)29-12-14-30(15-13-29)23(19-8-2-3-9-20(19)25)24-26-27-28-31(24)17-18-7-6-16-33-18/h2-11,16,23H,12-15,17H2,1H3/t23-/m0/s1. The molecule has 8 nitrogen and oxygen atoms in total. The van der Waals surface area contributed by atoms with Crippen LogP contribution in [0.25, 0.3) is 0 Å². The number of rotatable bonds is 7. The molecule has 0 radical (unpaired) electrons. The molecule has 170 valence electrons. The number of piperazine rings is 1. The molecule has 9 heteroatoms. The molecule has 1 aliphatic heterocycles. The van der Waals surface area contributed by atoms with E-state index in [9.17, 15) is 4.39 Å². The van der Waals surface area contributed by atoms with E-state index in [1.165, 1.54) is 6.07 Å². The molecule has 1 fully saturated rings. The highest BCUT2D eigenvalue weighted by Crippen LogP contribution is 2.33. The van der Waals surface area contributed by atoms with Gasteiger partial charge in [-0.1, -0.05) is 30.3 Å². The van der Waals surface area contributed by atoms with Crippen molar-refractivity contribution in [2.24, 2.45) is 0 Å². The summed E-state index contributed by atoms with van der Waals surface area (Å²) in [5.41, 5.74) is 1.61. The third kappa shape index (κ3) is 4.31. The number of anilines is 1. The van der Waals surface area contributed by atoms with Crippen LogP contribution in [0, 0.1) is 5.82 Å². The van der Waals surface area contributed by atoms with Gasteiger partial charge in [-0.15, -0.1) is 5.10 Å². The quantitative estimate of drug-likeness (QED) is 0.429. The molecule has 0 N–H and O–H groups in total. The summed E-state index contributed by atoms with van der Waals surface area (Å²) in [6.07, 6.45) is 1.62. The fourth-order valence-electron chi connectivity index (χ4n) is 4.38. The van der Waals surface area contributed by atoms with Crippen LogP contribution in [0.3, 0.4) is 0 Å². The van der Waals surface area contributed by atoms with Crippen molar-refractivity contribution in [3.8, 4) is 5.75 Å². The number of aromatic nitrogens is 4. The SMILES string of the molecule is COc1ccccc1N1CCN([C@@H](c2ccccc2F)c2nnnn2Cc2ccco2)CC1. The molecule has 5 rings (SSSR count). The molecule has 33 heavy (non-hydrogen) atoms. The van der Waals surface area contributed by atoms with Crippen LogP contribution in [-0.2, 0) is 6.54 Å². The summed E-state index contributed by atoms with van der Waals surface area (Å²) in [6.45, 7) is 3.34. The van der Waals surface area contributed by atoms with E-state index in [1.54, 1.807) is 30.2 Å². The monoisotopic (exact) mass is 448 g/mol. The summed E-state index contributed by atoms with van der Waals surface area (Å²) >= 11 is 0. The molecule has 0 bridgehead atoms. The third-order valence-electron chi connectivity index (χ3n) is 5.99. The lowest BCUT2D eigenvalue weighted by molar-refractivity contribution is 0.197. The van der Waals surface area contributed by atoms with Crippen molar-refractivity contribution in [2.75, 3.05) is 38.2 Å². The highest BCUT2D eigenvalue weighted by molar-refractivity contribution is 5.58. The van der Waals surface area contributed by atoms with Gasteiger partial charge in [-0.25, -0.2) is 9.07 Å². The van der Waals surface area contributed by atoms with Crippen LogP contribution in [0.15, 0.2) is 71.3 Å². The number of para-hydroxylation sites is 2. The fraction of sp³-hybridized carbons (Fsp3) is 0.292. The van der Waals surface area contributed by atoms with Crippen LogP contribution in [0.5, 0.6) is 5.75 Å². The Morgan fingerprint density at radius 2 is 1.79 bits per heavy atom. The minimum Gasteiger partial charge on any atom is -0.495 e. The average Bonchev–Trinajstić information content (AvgIpc) is 3.54. The normalized spacial score (nSPS) is 15.5. The van der Waals surface area contributed by atoms with E-state index < -0.39 is 6.04 Å². The number of hydrogen-bond acceptors (Lipinski definition) is 7. The third-order valence-corrected chi connectivity index (χ3v) is 5.99. The fourth-order valence-corrected chi connectivity index (χ4v) is 4.38. The van der Waals surface area contributed by atoms with Gasteiger partial charge in [0.05, 0.1) is 19.1 Å². The zero-order valence-electron chi connectivity index (χ0n) is 18.3. The maximum atomic E-state index is 15.0. The molecule has 4 aromatic rings. The van der Waals surface area contributed by atoms with Gasteiger partial charge in [-0.05, 0) is 40.8 Å². The second-order valence-electron chi connectivity index (χ2n) is 7.89. The van der Waals surface area contributed by atoms with Crippen LogP contribution < -0.4 is 9.64 Å². The van der Waals surface area contributed by atoms with Crippen LogP contribution >= 0.6 is 0 Å². The van der Waals surface area contributed by atoms with E-state index in [0.29, 0.717) is 31.0 Å². The molecule has 0 saturated carbocycles. The minimum absolute atomic E-state index is 0.276. The molecule has 0 spiro atoms. The Bertz CT molecular complexity index is 1190. The second kappa shape index (κ2) is 9.41. The van der Waals surface area contributed by atoms with Crippen molar-refractivity contribution in [3.63, 3.8) is 0 Å². The lowest BCUT2D eigenvalue weighted by atomic mass is 10.0. The Balaban J connectivity index is 1.44. The van der Waals surface area contributed by atoms with Crippen LogP contribution in [0.2, 0.25) is 0 Å². The van der Waals surface area contributed by atoms with E-state index in [0.717, 1.165) is 30.3 Å². The van der Waals surface area contributed by atoms with E-state index >= 15 is 0 Å². The van der Waals surface area contributed by atoms with E-state index in [-0.39, 0.29) is 5.82 Å². The summed E-state index contributed by atoms with van der Waals surface area (Å²) in [5, 5.41) is 12.4. The molecule has 1 saturated heterocycles. The van der Waals surface area contributed by atoms with Crippen molar-refractivity contribution in [1.29, 1.82) is 0 Å². The first-order valence-corrected chi connectivity index (χ1v) is 10.9. The summed E-state index contributed by atoms with van der Waals surface area (Å²) in [6, 6.07) is 18.1. The maximum Gasteiger partial charge on any atom is 0.173 e. The number of furan rings is 1. The van der Waals surface area contributed by atoms with Gasteiger partial charge in [0.1, 0.15) is 29.9 Å². The highest BCUT2D eigenvalue weighted by Gasteiger charge is 2.33. The van der Waals surface area contributed by atoms with E-state index in [4.69, 9.17) is 9.15 Å². The zero-order valence-corrected chi connectivity index (χ0v) is 18.3. The summed E-state index contributed by atoms with van der Waals surface area (Å²) in [7, 11) is 1.68. The van der Waals surface area contributed by atoms with Gasteiger partial charge in [0, 0.05) is 31.7 Å². The van der Waals surface area contributed by atoms with Gasteiger partial charge >= 0.3 is 0 Å². The number of ether oxygens (including phenoxy) is 1. The number of methoxy groups -OCH3 is 1. The molecule has 3 heterocycles. The molecule has 2 aromatic heterocycles. The lowest BCUT2D eigenvalue weighted by Gasteiger charge is -2.40. The predicted molar refractivity (Wildman–Crippen MR) is 121 cm³/mol. The van der Waals surface area contributed by atoms with E-state index in [2.05, 4.69) is 31.4 Å². The molecular formula is C24H25FN6O2. The van der Waals surface area contributed by atoms with Gasteiger partial charge in [0.25, 0.3) is 0 Å². The number of halogens is 1. The maximum absolute atomic E-state index is 15.0. The molecular weight excluding hydrogens is 423 g/mol. The van der Waals surface area contributed by atoms with Crippen molar-refractivity contribution in [3.05, 3.63) is 89.9 Å². The Labute approximate surface area is 191 Å². The first-order valence-electron chi connectivity index (χ1n) is 10.9. The van der Waals surface area contributed by atoms with Crippen molar-refractivity contribution in [2.45, 2.75) is 12.6 Å². The minimum atomic E-state index is -0.420. The Morgan fingerprint density at radius 1 is 1.00 bits per heavy atom. The van der Waals surface area contributed by atoms with Gasteiger partial charge < -0.3 is 14.1 Å². The summed E-state index contributed by atoms with van der Waals surface area (Å²) in [4.78, 5) is 4.52. The molecule has 1 aliphatic rings. The Hall–Kier alpha value is -3.72. The molecule has 0 aliphatic carbocycles. The van der Waals surface area contributed by atoms with Crippen molar-refractivity contribution in [1.82, 2.24) is 25.1 Å². The van der Waals surface area contributed by atoms with Gasteiger partial charge in [0.2, 0.25) is 0 Å². The smallest absolute Gasteiger partial charge is 0.173 e.